The van der Waals surface area contributed by atoms with Gasteiger partial charge in [-0.25, -0.2) is 18.6 Å². The van der Waals surface area contributed by atoms with Crippen molar-refractivity contribution in [1.29, 1.82) is 0 Å². The predicted octanol–water partition coefficient (Wildman–Crippen LogP) is 3.48. The molecule has 0 radical (unpaired) electrons. The number of hydrogen-bond donors (Lipinski definition) is 1. The van der Waals surface area contributed by atoms with Crippen LogP contribution < -0.4 is 4.90 Å². The zero-order valence-electron chi connectivity index (χ0n) is 10.7. The summed E-state index contributed by atoms with van der Waals surface area (Å²) >= 11 is 0. The molecule has 0 unspecified atom stereocenters. The minimum Gasteiger partial charge on any atom is -0.465 e. The van der Waals surface area contributed by atoms with Gasteiger partial charge in [-0.2, -0.15) is 0 Å². The zero-order valence-corrected chi connectivity index (χ0v) is 10.7. The lowest BCUT2D eigenvalue weighted by Crippen LogP contribution is -2.45. The summed E-state index contributed by atoms with van der Waals surface area (Å²) in [6.07, 6.45) is -0.0457. The van der Waals surface area contributed by atoms with Crippen LogP contribution in [0.2, 0.25) is 0 Å². The van der Waals surface area contributed by atoms with Crippen LogP contribution in [0.5, 0.6) is 0 Å². The monoisotopic (exact) mass is 258 g/mol. The Hall–Kier alpha value is -1.72. The lowest BCUT2D eigenvalue weighted by atomic mass is 10.1. The summed E-state index contributed by atoms with van der Waals surface area (Å²) in [5.74, 6) is -3.03. The van der Waals surface area contributed by atoms with Crippen molar-refractivity contribution in [3.8, 4) is 0 Å². The molecule has 6 heteroatoms. The maximum absolute atomic E-state index is 13.2. The maximum atomic E-state index is 13.2. The fraction of sp³-hybridized carbons (Fsp3) is 0.500. The van der Waals surface area contributed by atoms with Crippen LogP contribution in [0.3, 0.4) is 0 Å². The number of carbonyl (C=O) groups is 1. The number of carboxylic acid groups (broad SMARTS) is 1. The first-order valence-corrected chi connectivity index (χ1v) is 5.41. The lowest BCUT2D eigenvalue weighted by Gasteiger charge is -2.32. The number of rotatable bonds is 2. The summed E-state index contributed by atoms with van der Waals surface area (Å²) < 4.78 is 26.4. The van der Waals surface area contributed by atoms with Crippen molar-refractivity contribution in [2.75, 3.05) is 4.90 Å². The lowest BCUT2D eigenvalue weighted by molar-refractivity contribution is 0.0174. The molecular formula is C12H16F2N2O2. The number of hydrogen-bond acceptors (Lipinski definition) is 2. The minimum absolute atomic E-state index is 0.00553. The SMILES string of the molecule is CC(F)(F)c1ccnc(N(C(=O)O)C(C)(C)C)c1. The highest BCUT2D eigenvalue weighted by atomic mass is 19.3. The highest BCUT2D eigenvalue weighted by Crippen LogP contribution is 2.30. The van der Waals surface area contributed by atoms with Gasteiger partial charge in [0.05, 0.1) is 0 Å². The second-order valence-electron chi connectivity index (χ2n) is 5.08. The van der Waals surface area contributed by atoms with Crippen LogP contribution in [-0.2, 0) is 5.92 Å². The van der Waals surface area contributed by atoms with Crippen LogP contribution >= 0.6 is 0 Å². The molecule has 0 aliphatic carbocycles. The highest BCUT2D eigenvalue weighted by Gasteiger charge is 2.31. The Labute approximate surface area is 104 Å². The molecule has 1 aromatic rings. The molecule has 1 rings (SSSR count). The Kier molecular flexibility index (Phi) is 3.59. The summed E-state index contributed by atoms with van der Waals surface area (Å²) in [6, 6.07) is 2.27. The molecule has 0 atom stereocenters. The molecule has 0 saturated carbocycles. The molecule has 1 amide bonds. The summed E-state index contributed by atoms with van der Waals surface area (Å²) in [7, 11) is 0. The van der Waals surface area contributed by atoms with Gasteiger partial charge in [-0.05, 0) is 32.9 Å². The molecule has 0 fully saturated rings. The standard InChI is InChI=1S/C12H16F2N2O2/c1-11(2,3)16(10(17)18)9-7-8(5-6-15-9)12(4,13)14/h5-7H,1-4H3,(H,17,18). The second-order valence-corrected chi connectivity index (χ2v) is 5.08. The molecule has 0 spiro atoms. The van der Waals surface area contributed by atoms with E-state index in [9.17, 15) is 13.6 Å². The topological polar surface area (TPSA) is 53.4 Å². The Balaban J connectivity index is 3.27. The van der Waals surface area contributed by atoms with Crippen LogP contribution in [0.1, 0.15) is 33.3 Å². The average molecular weight is 258 g/mol. The fourth-order valence-electron chi connectivity index (χ4n) is 1.54. The Bertz CT molecular complexity index is 450. The number of halogens is 2. The molecule has 0 aliphatic rings. The van der Waals surface area contributed by atoms with Crippen molar-refractivity contribution in [2.45, 2.75) is 39.2 Å². The highest BCUT2D eigenvalue weighted by molar-refractivity contribution is 5.86. The van der Waals surface area contributed by atoms with Crippen LogP contribution in [-0.4, -0.2) is 21.7 Å². The van der Waals surface area contributed by atoms with E-state index in [-0.39, 0.29) is 11.4 Å². The Morgan fingerprint density at radius 1 is 1.33 bits per heavy atom. The van der Waals surface area contributed by atoms with Gasteiger partial charge >= 0.3 is 6.09 Å². The van der Waals surface area contributed by atoms with E-state index in [1.165, 1.54) is 12.3 Å². The zero-order chi connectivity index (χ0) is 14.1. The fourth-order valence-corrected chi connectivity index (χ4v) is 1.54. The van der Waals surface area contributed by atoms with E-state index in [1.54, 1.807) is 20.8 Å². The largest absolute Gasteiger partial charge is 0.465 e. The van der Waals surface area contributed by atoms with Gasteiger partial charge in [-0.15, -0.1) is 0 Å². The number of anilines is 1. The normalized spacial score (nSPS) is 12.3. The van der Waals surface area contributed by atoms with E-state index in [2.05, 4.69) is 4.98 Å². The number of pyridine rings is 1. The second kappa shape index (κ2) is 4.51. The summed E-state index contributed by atoms with van der Waals surface area (Å²) in [4.78, 5) is 16.0. The van der Waals surface area contributed by atoms with Gasteiger partial charge in [0.1, 0.15) is 5.82 Å². The average Bonchev–Trinajstić information content (AvgIpc) is 2.13. The van der Waals surface area contributed by atoms with E-state index in [0.717, 1.165) is 17.9 Å². The number of alkyl halides is 2. The molecule has 1 heterocycles. The van der Waals surface area contributed by atoms with Crippen molar-refractivity contribution >= 4 is 11.9 Å². The number of aromatic nitrogens is 1. The van der Waals surface area contributed by atoms with Crippen molar-refractivity contribution < 1.29 is 18.7 Å². The molecule has 0 bridgehead atoms. The third-order valence-corrected chi connectivity index (χ3v) is 2.34. The van der Waals surface area contributed by atoms with E-state index in [4.69, 9.17) is 5.11 Å². The van der Waals surface area contributed by atoms with Gasteiger partial charge in [0.25, 0.3) is 5.92 Å². The van der Waals surface area contributed by atoms with Crippen molar-refractivity contribution in [2.24, 2.45) is 0 Å². The van der Waals surface area contributed by atoms with E-state index in [0.29, 0.717) is 0 Å². The van der Waals surface area contributed by atoms with Crippen LogP contribution in [0.25, 0.3) is 0 Å². The molecule has 0 aromatic carbocycles. The molecular weight excluding hydrogens is 242 g/mol. The Morgan fingerprint density at radius 3 is 2.28 bits per heavy atom. The van der Waals surface area contributed by atoms with Crippen LogP contribution in [0.4, 0.5) is 19.4 Å². The first-order valence-electron chi connectivity index (χ1n) is 5.41. The minimum atomic E-state index is -3.03. The first-order chi connectivity index (χ1) is 8.03. The van der Waals surface area contributed by atoms with Gasteiger partial charge in [0, 0.05) is 24.2 Å². The van der Waals surface area contributed by atoms with Gasteiger partial charge in [0.15, 0.2) is 0 Å². The first kappa shape index (κ1) is 14.3. The predicted molar refractivity (Wildman–Crippen MR) is 64.1 cm³/mol. The molecule has 4 nitrogen and oxygen atoms in total. The summed E-state index contributed by atoms with van der Waals surface area (Å²) in [6.45, 7) is 5.76. The van der Waals surface area contributed by atoms with Crippen LogP contribution in [0.15, 0.2) is 18.3 Å². The molecule has 1 N–H and O–H groups in total. The molecule has 0 saturated heterocycles. The third kappa shape index (κ3) is 3.15. The van der Waals surface area contributed by atoms with Crippen molar-refractivity contribution in [3.05, 3.63) is 23.9 Å². The van der Waals surface area contributed by atoms with E-state index in [1.807, 2.05) is 0 Å². The summed E-state index contributed by atoms with van der Waals surface area (Å²) in [5, 5.41) is 9.15. The Morgan fingerprint density at radius 2 is 1.89 bits per heavy atom. The van der Waals surface area contributed by atoms with Crippen molar-refractivity contribution in [3.63, 3.8) is 0 Å². The number of amides is 1. The molecule has 1 aromatic heterocycles. The molecule has 0 aliphatic heterocycles. The van der Waals surface area contributed by atoms with E-state index >= 15 is 0 Å². The van der Waals surface area contributed by atoms with Gasteiger partial charge < -0.3 is 5.11 Å². The van der Waals surface area contributed by atoms with Crippen molar-refractivity contribution in [1.82, 2.24) is 4.98 Å². The molecule has 18 heavy (non-hydrogen) atoms. The quantitative estimate of drug-likeness (QED) is 0.883. The van der Waals surface area contributed by atoms with Crippen LogP contribution in [0, 0.1) is 0 Å². The summed E-state index contributed by atoms with van der Waals surface area (Å²) in [5.41, 5.74) is -1.02. The molecule has 100 valence electrons. The van der Waals surface area contributed by atoms with Gasteiger partial charge in [-0.3, -0.25) is 4.90 Å². The van der Waals surface area contributed by atoms with Gasteiger partial charge in [-0.1, -0.05) is 0 Å². The van der Waals surface area contributed by atoms with E-state index < -0.39 is 17.6 Å². The smallest absolute Gasteiger partial charge is 0.413 e. The third-order valence-electron chi connectivity index (χ3n) is 2.34. The number of nitrogens with zero attached hydrogens (tertiary/aromatic N) is 2. The van der Waals surface area contributed by atoms with Gasteiger partial charge in [0.2, 0.25) is 0 Å². The maximum Gasteiger partial charge on any atom is 0.413 e.